The summed E-state index contributed by atoms with van der Waals surface area (Å²) < 4.78 is 32.0. The van der Waals surface area contributed by atoms with Crippen LogP contribution in [0, 0.1) is 5.92 Å². The van der Waals surface area contributed by atoms with E-state index in [0.29, 0.717) is 32.2 Å². The molecule has 1 fully saturated rings. The van der Waals surface area contributed by atoms with Gasteiger partial charge < -0.3 is 4.74 Å². The van der Waals surface area contributed by atoms with Crippen LogP contribution in [0.2, 0.25) is 0 Å². The Labute approximate surface area is 98.5 Å². The Kier molecular flexibility index (Phi) is 5.17. The van der Waals surface area contributed by atoms with Crippen molar-refractivity contribution in [3.05, 3.63) is 0 Å². The summed E-state index contributed by atoms with van der Waals surface area (Å²) in [7, 11) is -0.105. The first-order valence-electron chi connectivity index (χ1n) is 5.73. The van der Waals surface area contributed by atoms with Crippen molar-refractivity contribution in [1.29, 1.82) is 0 Å². The highest BCUT2D eigenvalue weighted by Gasteiger charge is 2.30. The van der Waals surface area contributed by atoms with Gasteiger partial charge in [-0.15, -0.1) is 0 Å². The minimum absolute atomic E-state index is 0.337. The van der Waals surface area contributed by atoms with Gasteiger partial charge in [-0.05, 0) is 25.7 Å². The van der Waals surface area contributed by atoms with E-state index >= 15 is 0 Å². The Hall–Kier alpha value is -0.170. The van der Waals surface area contributed by atoms with Crippen molar-refractivity contribution in [1.82, 2.24) is 8.61 Å². The molecule has 0 saturated carbocycles. The third-order valence-corrected chi connectivity index (χ3v) is 4.73. The predicted molar refractivity (Wildman–Crippen MR) is 63.4 cm³/mol. The van der Waals surface area contributed by atoms with Crippen molar-refractivity contribution in [2.24, 2.45) is 5.92 Å². The maximum absolute atomic E-state index is 11.9. The molecule has 1 saturated heterocycles. The summed E-state index contributed by atoms with van der Waals surface area (Å²) in [4.78, 5) is 0. The Morgan fingerprint density at radius 3 is 2.69 bits per heavy atom. The molecule has 6 heteroatoms. The number of hydrogen-bond acceptors (Lipinski definition) is 3. The van der Waals surface area contributed by atoms with Crippen molar-refractivity contribution < 1.29 is 13.2 Å². The van der Waals surface area contributed by atoms with Crippen LogP contribution in [0.1, 0.15) is 19.8 Å². The average molecular weight is 250 g/mol. The van der Waals surface area contributed by atoms with Crippen molar-refractivity contribution in [2.45, 2.75) is 19.8 Å². The lowest BCUT2D eigenvalue weighted by Crippen LogP contribution is -2.46. The van der Waals surface area contributed by atoms with Crippen LogP contribution in [0.5, 0.6) is 0 Å². The van der Waals surface area contributed by atoms with E-state index in [1.54, 1.807) is 18.4 Å². The van der Waals surface area contributed by atoms with Crippen LogP contribution in [0.4, 0.5) is 0 Å². The summed E-state index contributed by atoms with van der Waals surface area (Å²) in [5, 5.41) is 0. The molecule has 96 valence electrons. The van der Waals surface area contributed by atoms with Gasteiger partial charge >= 0.3 is 0 Å². The van der Waals surface area contributed by atoms with Crippen LogP contribution in [0.25, 0.3) is 0 Å². The quantitative estimate of drug-likeness (QED) is 0.715. The average Bonchev–Trinajstić information content (AvgIpc) is 2.26. The van der Waals surface area contributed by atoms with Gasteiger partial charge in [0.25, 0.3) is 10.2 Å². The van der Waals surface area contributed by atoms with Crippen molar-refractivity contribution in [3.8, 4) is 0 Å². The molecule has 0 amide bonds. The number of rotatable bonds is 5. The molecule has 0 aromatic rings. The lowest BCUT2D eigenvalue weighted by Gasteiger charge is -2.33. The molecule has 0 aliphatic carbocycles. The molecule has 0 N–H and O–H groups in total. The number of piperidine rings is 1. The van der Waals surface area contributed by atoms with Crippen molar-refractivity contribution >= 4 is 10.2 Å². The third kappa shape index (κ3) is 3.41. The predicted octanol–water partition coefficient (Wildman–Crippen LogP) is 0.541. The molecule has 1 atom stereocenters. The fraction of sp³-hybridized carbons (Fsp3) is 1.00. The highest BCUT2D eigenvalue weighted by atomic mass is 32.2. The first-order chi connectivity index (χ1) is 7.48. The number of nitrogens with zero attached hydrogens (tertiary/aromatic N) is 2. The van der Waals surface area contributed by atoms with Gasteiger partial charge in [-0.1, -0.05) is 0 Å². The first kappa shape index (κ1) is 13.9. The SMILES string of the molecule is CCOCC1CCCN(S(=O)(=O)N(C)C)C1. The fourth-order valence-corrected chi connectivity index (χ4v) is 3.11. The summed E-state index contributed by atoms with van der Waals surface area (Å²) in [6.07, 6.45) is 1.98. The number of hydrogen-bond donors (Lipinski definition) is 0. The van der Waals surface area contributed by atoms with Gasteiger partial charge in [-0.2, -0.15) is 17.0 Å². The van der Waals surface area contributed by atoms with Crippen LogP contribution in [0.15, 0.2) is 0 Å². The molecule has 0 aromatic heterocycles. The Morgan fingerprint density at radius 2 is 2.12 bits per heavy atom. The van der Waals surface area contributed by atoms with E-state index in [0.717, 1.165) is 12.8 Å². The van der Waals surface area contributed by atoms with Gasteiger partial charge in [0.1, 0.15) is 0 Å². The maximum Gasteiger partial charge on any atom is 0.281 e. The lowest BCUT2D eigenvalue weighted by molar-refractivity contribution is 0.0855. The summed E-state index contributed by atoms with van der Waals surface area (Å²) in [6.45, 7) is 4.52. The van der Waals surface area contributed by atoms with Crippen LogP contribution in [0.3, 0.4) is 0 Å². The van der Waals surface area contributed by atoms with Gasteiger partial charge in [0.2, 0.25) is 0 Å². The molecule has 0 aromatic carbocycles. The minimum Gasteiger partial charge on any atom is -0.381 e. The van der Waals surface area contributed by atoms with Gasteiger partial charge in [0.05, 0.1) is 6.61 Å². The second-order valence-electron chi connectivity index (χ2n) is 4.32. The third-order valence-electron chi connectivity index (χ3n) is 2.83. The van der Waals surface area contributed by atoms with Gasteiger partial charge in [-0.25, -0.2) is 0 Å². The monoisotopic (exact) mass is 250 g/mol. The van der Waals surface area contributed by atoms with Gasteiger partial charge in [-0.3, -0.25) is 0 Å². The van der Waals surface area contributed by atoms with E-state index in [4.69, 9.17) is 4.74 Å². The second kappa shape index (κ2) is 5.95. The Bertz CT molecular complexity index is 303. The summed E-state index contributed by atoms with van der Waals surface area (Å²) in [5.41, 5.74) is 0. The van der Waals surface area contributed by atoms with E-state index in [9.17, 15) is 8.42 Å². The van der Waals surface area contributed by atoms with Crippen molar-refractivity contribution in [2.75, 3.05) is 40.4 Å². The maximum atomic E-state index is 11.9. The van der Waals surface area contributed by atoms with E-state index in [1.165, 1.54) is 4.31 Å². The number of ether oxygens (including phenoxy) is 1. The Morgan fingerprint density at radius 1 is 1.44 bits per heavy atom. The smallest absolute Gasteiger partial charge is 0.281 e. The van der Waals surface area contributed by atoms with E-state index in [-0.39, 0.29) is 0 Å². The summed E-state index contributed by atoms with van der Waals surface area (Å²) >= 11 is 0. The largest absolute Gasteiger partial charge is 0.381 e. The van der Waals surface area contributed by atoms with Gasteiger partial charge in [0, 0.05) is 33.8 Å². The van der Waals surface area contributed by atoms with Crippen molar-refractivity contribution in [3.63, 3.8) is 0 Å². The van der Waals surface area contributed by atoms with E-state index in [1.807, 2.05) is 6.92 Å². The lowest BCUT2D eigenvalue weighted by atomic mass is 10.0. The summed E-state index contributed by atoms with van der Waals surface area (Å²) in [6, 6.07) is 0. The molecule has 16 heavy (non-hydrogen) atoms. The second-order valence-corrected chi connectivity index (χ2v) is 6.46. The molecule has 0 spiro atoms. The van der Waals surface area contributed by atoms with Crippen LogP contribution < -0.4 is 0 Å². The zero-order valence-electron chi connectivity index (χ0n) is 10.3. The highest BCUT2D eigenvalue weighted by molar-refractivity contribution is 7.86. The van der Waals surface area contributed by atoms with Crippen LogP contribution in [-0.2, 0) is 14.9 Å². The molecule has 5 nitrogen and oxygen atoms in total. The fourth-order valence-electron chi connectivity index (χ4n) is 1.89. The highest BCUT2D eigenvalue weighted by Crippen LogP contribution is 2.20. The summed E-state index contributed by atoms with van der Waals surface area (Å²) in [5.74, 6) is 0.337. The zero-order valence-corrected chi connectivity index (χ0v) is 11.2. The van der Waals surface area contributed by atoms with E-state index < -0.39 is 10.2 Å². The normalized spacial score (nSPS) is 23.9. The molecule has 1 rings (SSSR count). The Balaban J connectivity index is 2.57. The molecule has 0 radical (unpaired) electrons. The molecule has 1 unspecified atom stereocenters. The van der Waals surface area contributed by atoms with E-state index in [2.05, 4.69) is 0 Å². The molecular formula is C10H22N2O3S. The standard InChI is InChI=1S/C10H22N2O3S/c1-4-15-9-10-6-5-7-12(8-10)16(13,14)11(2)3/h10H,4-9H2,1-3H3. The molecule has 0 bridgehead atoms. The van der Waals surface area contributed by atoms with Gasteiger partial charge in [0.15, 0.2) is 0 Å². The molecule has 1 heterocycles. The topological polar surface area (TPSA) is 49.9 Å². The van der Waals surface area contributed by atoms with Crippen LogP contribution >= 0.6 is 0 Å². The molecule has 1 aliphatic heterocycles. The molecular weight excluding hydrogens is 228 g/mol. The van der Waals surface area contributed by atoms with Crippen LogP contribution in [-0.4, -0.2) is 57.4 Å². The molecule has 1 aliphatic rings. The first-order valence-corrected chi connectivity index (χ1v) is 7.13. The minimum atomic E-state index is -3.25. The zero-order chi connectivity index (χ0) is 12.2.